The molecule has 1 aliphatic carbocycles. The van der Waals surface area contributed by atoms with Crippen LogP contribution in [0.4, 0.5) is 0 Å². The minimum atomic E-state index is -4.04. The molecule has 1 aromatic carbocycles. The molecular formula is C18H23N3O5S. The van der Waals surface area contributed by atoms with Crippen molar-refractivity contribution in [3.05, 3.63) is 29.8 Å². The summed E-state index contributed by atoms with van der Waals surface area (Å²) in [5, 5.41) is 11.8. The van der Waals surface area contributed by atoms with Crippen LogP contribution in [0.5, 0.6) is 0 Å². The van der Waals surface area contributed by atoms with Gasteiger partial charge in [-0.1, -0.05) is 31.9 Å². The van der Waals surface area contributed by atoms with Crippen LogP contribution >= 0.6 is 0 Å². The Morgan fingerprint density at radius 2 is 1.96 bits per heavy atom. The maximum Gasteiger partial charge on any atom is 0.321 e. The number of rotatable bonds is 7. The van der Waals surface area contributed by atoms with Crippen molar-refractivity contribution in [2.75, 3.05) is 13.2 Å². The number of nitrogens with zero attached hydrogens (tertiary/aromatic N) is 1. The van der Waals surface area contributed by atoms with Gasteiger partial charge in [0.05, 0.1) is 10.5 Å². The quantitative estimate of drug-likeness (QED) is 0.668. The highest BCUT2D eigenvalue weighted by atomic mass is 32.2. The van der Waals surface area contributed by atoms with Crippen LogP contribution in [0.1, 0.15) is 38.2 Å². The maximum absolute atomic E-state index is 12.2. The fourth-order valence-corrected chi connectivity index (χ4v) is 4.13. The second-order valence-electron chi connectivity index (χ2n) is 6.53. The smallest absolute Gasteiger partial charge is 0.321 e. The molecule has 1 saturated carbocycles. The van der Waals surface area contributed by atoms with Crippen molar-refractivity contribution in [2.24, 2.45) is 5.92 Å². The van der Waals surface area contributed by atoms with Gasteiger partial charge in [-0.3, -0.25) is 9.59 Å². The van der Waals surface area contributed by atoms with Crippen LogP contribution < -0.4 is 10.0 Å². The first-order chi connectivity index (χ1) is 12.8. The minimum absolute atomic E-state index is 0.0284. The van der Waals surface area contributed by atoms with E-state index in [0.717, 1.165) is 25.7 Å². The van der Waals surface area contributed by atoms with Crippen LogP contribution in [0.2, 0.25) is 0 Å². The number of carbonyl (C=O) groups is 2. The van der Waals surface area contributed by atoms with Gasteiger partial charge in [0.25, 0.3) is 5.91 Å². The fraction of sp³-hybridized carbons (Fsp3) is 0.500. The van der Waals surface area contributed by atoms with E-state index in [9.17, 15) is 18.0 Å². The number of sulfonamides is 1. The molecule has 1 amide bonds. The van der Waals surface area contributed by atoms with Crippen LogP contribution in [-0.4, -0.2) is 39.5 Å². The minimum Gasteiger partial charge on any atom is -0.455 e. The molecule has 0 radical (unpaired) electrons. The second-order valence-corrected chi connectivity index (χ2v) is 8.26. The Bertz CT molecular complexity index is 832. The van der Waals surface area contributed by atoms with Crippen molar-refractivity contribution in [3.8, 4) is 6.07 Å². The highest BCUT2D eigenvalue weighted by Gasteiger charge is 2.23. The molecule has 0 aliphatic heterocycles. The van der Waals surface area contributed by atoms with Gasteiger partial charge in [-0.15, -0.1) is 0 Å². The summed E-state index contributed by atoms with van der Waals surface area (Å²) in [4.78, 5) is 23.4. The van der Waals surface area contributed by atoms with E-state index in [0.29, 0.717) is 5.92 Å². The van der Waals surface area contributed by atoms with Gasteiger partial charge in [-0.25, -0.2) is 8.42 Å². The van der Waals surface area contributed by atoms with Crippen LogP contribution in [0.15, 0.2) is 29.2 Å². The van der Waals surface area contributed by atoms with Gasteiger partial charge in [-0.05, 0) is 30.9 Å². The second kappa shape index (κ2) is 9.48. The van der Waals surface area contributed by atoms with Crippen molar-refractivity contribution in [1.29, 1.82) is 5.26 Å². The highest BCUT2D eigenvalue weighted by molar-refractivity contribution is 7.89. The van der Waals surface area contributed by atoms with Crippen LogP contribution in [0.3, 0.4) is 0 Å². The van der Waals surface area contributed by atoms with Gasteiger partial charge in [0.1, 0.15) is 12.6 Å². The summed E-state index contributed by atoms with van der Waals surface area (Å²) in [7, 11) is -4.04. The zero-order chi connectivity index (χ0) is 19.9. The third-order valence-electron chi connectivity index (χ3n) is 4.53. The van der Waals surface area contributed by atoms with Gasteiger partial charge in [-0.2, -0.15) is 9.98 Å². The summed E-state index contributed by atoms with van der Waals surface area (Å²) in [6.45, 7) is 0.984. The summed E-state index contributed by atoms with van der Waals surface area (Å²) in [6.07, 6.45) is 4.16. The summed E-state index contributed by atoms with van der Waals surface area (Å²) < 4.78 is 31.3. The van der Waals surface area contributed by atoms with E-state index in [-0.39, 0.29) is 16.5 Å². The number of benzene rings is 1. The Labute approximate surface area is 158 Å². The molecule has 2 N–H and O–H groups in total. The molecule has 0 bridgehead atoms. The SMILES string of the molecule is C[C@@H]1CCCC[C@@H]1NC(=O)COC(=O)CNS(=O)(=O)c1ccccc1C#N. The Balaban J connectivity index is 1.80. The van der Waals surface area contributed by atoms with E-state index in [1.807, 2.05) is 0 Å². The number of amides is 1. The third-order valence-corrected chi connectivity index (χ3v) is 5.99. The lowest BCUT2D eigenvalue weighted by molar-refractivity contribution is -0.147. The number of nitriles is 1. The highest BCUT2D eigenvalue weighted by Crippen LogP contribution is 2.23. The Kier molecular flexibility index (Phi) is 7.33. The monoisotopic (exact) mass is 393 g/mol. The number of carbonyl (C=O) groups excluding carboxylic acids is 2. The molecule has 0 heterocycles. The summed E-state index contributed by atoms with van der Waals surface area (Å²) in [5.74, 6) is -0.898. The van der Waals surface area contributed by atoms with Crippen molar-refractivity contribution in [2.45, 2.75) is 43.5 Å². The molecule has 0 aromatic heterocycles. The van der Waals surface area contributed by atoms with Gasteiger partial charge in [0.2, 0.25) is 10.0 Å². The van der Waals surface area contributed by atoms with E-state index in [1.165, 1.54) is 24.3 Å². The number of nitrogens with one attached hydrogen (secondary N) is 2. The first-order valence-corrected chi connectivity index (χ1v) is 10.3. The lowest BCUT2D eigenvalue weighted by Gasteiger charge is -2.29. The molecule has 1 aromatic rings. The predicted molar refractivity (Wildman–Crippen MR) is 96.9 cm³/mol. The molecule has 0 unspecified atom stereocenters. The zero-order valence-electron chi connectivity index (χ0n) is 15.1. The summed E-state index contributed by atoms with van der Waals surface area (Å²) >= 11 is 0. The number of esters is 1. The van der Waals surface area contributed by atoms with Crippen LogP contribution in [0.25, 0.3) is 0 Å². The fourth-order valence-electron chi connectivity index (χ4n) is 3.00. The molecule has 2 rings (SSSR count). The first-order valence-electron chi connectivity index (χ1n) is 8.77. The zero-order valence-corrected chi connectivity index (χ0v) is 15.9. The van der Waals surface area contributed by atoms with Gasteiger partial charge in [0.15, 0.2) is 6.61 Å². The van der Waals surface area contributed by atoms with E-state index >= 15 is 0 Å². The van der Waals surface area contributed by atoms with Crippen molar-refractivity contribution in [1.82, 2.24) is 10.0 Å². The molecule has 9 heteroatoms. The molecule has 1 aliphatic rings. The number of hydrogen-bond acceptors (Lipinski definition) is 6. The van der Waals surface area contributed by atoms with Crippen molar-refractivity contribution >= 4 is 21.9 Å². The van der Waals surface area contributed by atoms with Crippen LogP contribution in [-0.2, 0) is 24.3 Å². The van der Waals surface area contributed by atoms with E-state index < -0.39 is 35.1 Å². The molecule has 8 nitrogen and oxygen atoms in total. The molecular weight excluding hydrogens is 370 g/mol. The maximum atomic E-state index is 12.2. The van der Waals surface area contributed by atoms with E-state index in [1.54, 1.807) is 6.07 Å². The molecule has 27 heavy (non-hydrogen) atoms. The van der Waals surface area contributed by atoms with E-state index in [4.69, 9.17) is 10.00 Å². The average Bonchev–Trinajstić information content (AvgIpc) is 2.66. The molecule has 0 spiro atoms. The molecule has 146 valence electrons. The van der Waals surface area contributed by atoms with Gasteiger partial charge in [0, 0.05) is 6.04 Å². The normalized spacial score (nSPS) is 19.7. The summed E-state index contributed by atoms with van der Waals surface area (Å²) in [6, 6.07) is 7.51. The third kappa shape index (κ3) is 6.05. The predicted octanol–water partition coefficient (Wildman–Crippen LogP) is 1.07. The van der Waals surface area contributed by atoms with Gasteiger partial charge >= 0.3 is 5.97 Å². The first kappa shape index (κ1) is 20.9. The molecule has 1 fully saturated rings. The largest absolute Gasteiger partial charge is 0.455 e. The molecule has 2 atom stereocenters. The lowest BCUT2D eigenvalue weighted by Crippen LogP contribution is -2.43. The number of hydrogen-bond donors (Lipinski definition) is 2. The van der Waals surface area contributed by atoms with Crippen molar-refractivity contribution in [3.63, 3.8) is 0 Å². The molecule has 0 saturated heterocycles. The van der Waals surface area contributed by atoms with Crippen LogP contribution in [0, 0.1) is 17.2 Å². The Morgan fingerprint density at radius 1 is 1.26 bits per heavy atom. The van der Waals surface area contributed by atoms with Gasteiger partial charge < -0.3 is 10.1 Å². The standard InChI is InChI=1S/C18H23N3O5S/c1-13-6-2-4-8-15(13)21-17(22)12-26-18(23)11-20-27(24,25)16-9-5-3-7-14(16)10-19/h3,5,7,9,13,15,20H,2,4,6,8,11-12H2,1H3,(H,21,22)/t13-,15+/m1/s1. The lowest BCUT2D eigenvalue weighted by atomic mass is 9.86. The van der Waals surface area contributed by atoms with E-state index in [2.05, 4.69) is 17.0 Å². The van der Waals surface area contributed by atoms with Crippen molar-refractivity contribution < 1.29 is 22.7 Å². The number of ether oxygens (including phenoxy) is 1. The topological polar surface area (TPSA) is 125 Å². The average molecular weight is 393 g/mol. The summed E-state index contributed by atoms with van der Waals surface area (Å²) in [5.41, 5.74) is -0.0284. The Morgan fingerprint density at radius 3 is 2.67 bits per heavy atom. The Hall–Kier alpha value is -2.44.